The van der Waals surface area contributed by atoms with Crippen LogP contribution >= 0.6 is 11.6 Å². The van der Waals surface area contributed by atoms with Crippen LogP contribution in [-0.4, -0.2) is 84.9 Å². The fourth-order valence-corrected chi connectivity index (χ4v) is 5.44. The molecular weight excluding hydrogens is 468 g/mol. The Labute approximate surface area is 212 Å². The van der Waals surface area contributed by atoms with Gasteiger partial charge in [-0.05, 0) is 30.5 Å². The molecule has 35 heavy (non-hydrogen) atoms. The average Bonchev–Trinajstić information content (AvgIpc) is 2.88. The van der Waals surface area contributed by atoms with Crippen molar-refractivity contribution in [3.05, 3.63) is 34.9 Å². The number of carbonyl (C=O) groups is 3. The van der Waals surface area contributed by atoms with E-state index in [-0.39, 0.29) is 29.8 Å². The highest BCUT2D eigenvalue weighted by Gasteiger charge is 2.41. The van der Waals surface area contributed by atoms with Crippen molar-refractivity contribution < 1.29 is 14.4 Å². The zero-order valence-corrected chi connectivity index (χ0v) is 21.2. The molecule has 2 fully saturated rings. The smallest absolute Gasteiger partial charge is 0.245 e. The molecule has 1 aliphatic heterocycles. The molecular formula is C25H39ClN6O3. The second-order valence-electron chi connectivity index (χ2n) is 9.57. The maximum absolute atomic E-state index is 13.4. The minimum atomic E-state index is -0.690. The number of halogens is 1. The molecule has 1 unspecified atom stereocenters. The van der Waals surface area contributed by atoms with Gasteiger partial charge >= 0.3 is 0 Å². The molecule has 6 N–H and O–H groups in total. The van der Waals surface area contributed by atoms with E-state index in [0.717, 1.165) is 31.2 Å². The summed E-state index contributed by atoms with van der Waals surface area (Å²) in [6.45, 7) is 3.26. The molecule has 10 heteroatoms. The number of hydrogen-bond acceptors (Lipinski definition) is 6. The molecule has 194 valence electrons. The van der Waals surface area contributed by atoms with Crippen molar-refractivity contribution in [1.82, 2.24) is 20.4 Å². The van der Waals surface area contributed by atoms with Gasteiger partial charge in [0.05, 0.1) is 6.54 Å². The summed E-state index contributed by atoms with van der Waals surface area (Å²) in [4.78, 5) is 42.3. The van der Waals surface area contributed by atoms with Crippen LogP contribution in [0.5, 0.6) is 0 Å². The third-order valence-electron chi connectivity index (χ3n) is 7.17. The maximum atomic E-state index is 13.4. The lowest BCUT2D eigenvalue weighted by Gasteiger charge is -2.50. The van der Waals surface area contributed by atoms with Crippen molar-refractivity contribution in [2.75, 3.05) is 45.8 Å². The molecule has 1 saturated heterocycles. The Balaban J connectivity index is 1.65. The van der Waals surface area contributed by atoms with E-state index in [4.69, 9.17) is 23.1 Å². The Morgan fingerprint density at radius 1 is 0.971 bits per heavy atom. The Kier molecular flexibility index (Phi) is 10.3. The normalized spacial score (nSPS) is 19.1. The summed E-state index contributed by atoms with van der Waals surface area (Å²) in [7, 11) is 0. The number of amides is 3. The van der Waals surface area contributed by atoms with Crippen molar-refractivity contribution in [2.45, 2.75) is 56.5 Å². The Hall–Kier alpha value is -2.20. The van der Waals surface area contributed by atoms with Crippen molar-refractivity contribution >= 4 is 29.3 Å². The third kappa shape index (κ3) is 7.64. The van der Waals surface area contributed by atoms with Crippen molar-refractivity contribution in [1.29, 1.82) is 0 Å². The van der Waals surface area contributed by atoms with E-state index in [0.29, 0.717) is 57.1 Å². The largest absolute Gasteiger partial charge is 0.355 e. The number of nitrogens with one attached hydrogen (secondary N) is 2. The number of hydrogen-bond donors (Lipinski definition) is 4. The first-order valence-corrected chi connectivity index (χ1v) is 13.0. The molecule has 1 saturated carbocycles. The quantitative estimate of drug-likeness (QED) is 0.368. The minimum absolute atomic E-state index is 0.0448. The molecule has 1 aromatic rings. The number of rotatable bonds is 10. The molecule has 3 rings (SSSR count). The zero-order chi connectivity index (χ0) is 25.3. The Morgan fingerprint density at radius 3 is 2.23 bits per heavy atom. The highest BCUT2D eigenvalue weighted by Crippen LogP contribution is 2.37. The van der Waals surface area contributed by atoms with Gasteiger partial charge in [0.2, 0.25) is 17.7 Å². The predicted molar refractivity (Wildman–Crippen MR) is 137 cm³/mol. The molecule has 0 aromatic heterocycles. The summed E-state index contributed by atoms with van der Waals surface area (Å²) in [6, 6.07) is 6.57. The maximum Gasteiger partial charge on any atom is 0.245 e. The first-order chi connectivity index (χ1) is 16.9. The SMILES string of the molecule is NCCNC(=O)CC1(N2CCN(C(=O)C(Cc3ccc(Cl)cc3)NC(=O)CN)CC2)CCCCC1. The monoisotopic (exact) mass is 506 g/mol. The first kappa shape index (κ1) is 27.4. The fraction of sp³-hybridized carbons (Fsp3) is 0.640. The molecule has 0 spiro atoms. The van der Waals surface area contributed by atoms with Gasteiger partial charge in [-0.1, -0.05) is 43.0 Å². The van der Waals surface area contributed by atoms with Crippen molar-refractivity contribution in [3.63, 3.8) is 0 Å². The lowest BCUT2D eigenvalue weighted by atomic mass is 9.77. The van der Waals surface area contributed by atoms with E-state index in [9.17, 15) is 14.4 Å². The van der Waals surface area contributed by atoms with Crippen LogP contribution in [0.3, 0.4) is 0 Å². The van der Waals surface area contributed by atoms with Gasteiger partial charge in [-0.25, -0.2) is 0 Å². The molecule has 0 bridgehead atoms. The molecule has 0 radical (unpaired) electrons. The van der Waals surface area contributed by atoms with Gasteiger partial charge in [-0.3, -0.25) is 19.3 Å². The molecule has 1 atom stereocenters. The predicted octanol–water partition coefficient (Wildman–Crippen LogP) is 0.638. The summed E-state index contributed by atoms with van der Waals surface area (Å²) in [5.41, 5.74) is 11.8. The average molecular weight is 507 g/mol. The highest BCUT2D eigenvalue weighted by atomic mass is 35.5. The van der Waals surface area contributed by atoms with Gasteiger partial charge in [0.1, 0.15) is 6.04 Å². The van der Waals surface area contributed by atoms with Crippen LogP contribution in [0, 0.1) is 0 Å². The van der Waals surface area contributed by atoms with Crippen LogP contribution in [0.2, 0.25) is 5.02 Å². The minimum Gasteiger partial charge on any atom is -0.355 e. The molecule has 1 heterocycles. The van der Waals surface area contributed by atoms with Gasteiger partial charge in [-0.2, -0.15) is 0 Å². The van der Waals surface area contributed by atoms with E-state index in [1.165, 1.54) is 6.42 Å². The Morgan fingerprint density at radius 2 is 1.63 bits per heavy atom. The fourth-order valence-electron chi connectivity index (χ4n) is 5.32. The number of piperazine rings is 1. The summed E-state index contributed by atoms with van der Waals surface area (Å²) in [5.74, 6) is -0.427. The summed E-state index contributed by atoms with van der Waals surface area (Å²) < 4.78 is 0. The number of benzene rings is 1. The van der Waals surface area contributed by atoms with Crippen LogP contribution < -0.4 is 22.1 Å². The lowest BCUT2D eigenvalue weighted by Crippen LogP contribution is -2.62. The van der Waals surface area contributed by atoms with Crippen LogP contribution in [0.15, 0.2) is 24.3 Å². The molecule has 9 nitrogen and oxygen atoms in total. The van der Waals surface area contributed by atoms with Crippen LogP contribution in [0.25, 0.3) is 0 Å². The van der Waals surface area contributed by atoms with E-state index in [1.807, 2.05) is 17.0 Å². The topological polar surface area (TPSA) is 134 Å². The Bertz CT molecular complexity index is 851. The van der Waals surface area contributed by atoms with Gasteiger partial charge in [0.25, 0.3) is 0 Å². The molecule has 1 aromatic carbocycles. The summed E-state index contributed by atoms with van der Waals surface area (Å²) in [5, 5.41) is 6.33. The number of nitrogens with two attached hydrogens (primary N) is 2. The lowest BCUT2D eigenvalue weighted by molar-refractivity contribution is -0.139. The van der Waals surface area contributed by atoms with Gasteiger partial charge in [-0.15, -0.1) is 0 Å². The standard InChI is InChI=1S/C25H39ClN6O3/c26-20-6-4-19(5-7-20)16-21(30-23(34)18-28)24(35)31-12-14-32(15-13-31)25(8-2-1-3-9-25)17-22(33)29-11-10-27/h4-7,21H,1-3,8-18,27-28H2,(H,29,33)(H,30,34). The van der Waals surface area contributed by atoms with E-state index in [2.05, 4.69) is 15.5 Å². The summed E-state index contributed by atoms with van der Waals surface area (Å²) in [6.07, 6.45) is 6.22. The van der Waals surface area contributed by atoms with Gasteiger partial charge < -0.3 is 27.0 Å². The zero-order valence-electron chi connectivity index (χ0n) is 20.4. The van der Waals surface area contributed by atoms with Gasteiger partial charge in [0, 0.05) is 62.7 Å². The highest BCUT2D eigenvalue weighted by molar-refractivity contribution is 6.30. The van der Waals surface area contributed by atoms with Crippen molar-refractivity contribution in [3.8, 4) is 0 Å². The van der Waals surface area contributed by atoms with Crippen LogP contribution in [-0.2, 0) is 20.8 Å². The third-order valence-corrected chi connectivity index (χ3v) is 7.43. The van der Waals surface area contributed by atoms with E-state index >= 15 is 0 Å². The van der Waals surface area contributed by atoms with Gasteiger partial charge in [0.15, 0.2) is 0 Å². The van der Waals surface area contributed by atoms with Crippen molar-refractivity contribution in [2.24, 2.45) is 11.5 Å². The molecule has 3 amide bonds. The van der Waals surface area contributed by atoms with E-state index in [1.54, 1.807) is 12.1 Å². The summed E-state index contributed by atoms with van der Waals surface area (Å²) >= 11 is 5.99. The molecule has 2 aliphatic rings. The van der Waals surface area contributed by atoms with Crippen LogP contribution in [0.1, 0.15) is 44.1 Å². The second-order valence-corrected chi connectivity index (χ2v) is 10.0. The first-order valence-electron chi connectivity index (χ1n) is 12.6. The van der Waals surface area contributed by atoms with Crippen LogP contribution in [0.4, 0.5) is 0 Å². The number of carbonyl (C=O) groups excluding carboxylic acids is 3. The molecule has 1 aliphatic carbocycles. The second kappa shape index (κ2) is 13.2. The number of nitrogens with zero attached hydrogens (tertiary/aromatic N) is 2. The van der Waals surface area contributed by atoms with E-state index < -0.39 is 6.04 Å².